The lowest BCUT2D eigenvalue weighted by atomic mass is 9.68. The van der Waals surface area contributed by atoms with Crippen LogP contribution in [0.1, 0.15) is 46.0 Å². The van der Waals surface area contributed by atoms with Gasteiger partial charge in [0.1, 0.15) is 11.6 Å². The maximum atomic E-state index is 15.0. The van der Waals surface area contributed by atoms with Crippen LogP contribution in [0.15, 0.2) is 36.7 Å². The molecule has 2 saturated carbocycles. The van der Waals surface area contributed by atoms with Crippen molar-refractivity contribution in [2.75, 3.05) is 11.9 Å². The van der Waals surface area contributed by atoms with Crippen LogP contribution in [0.5, 0.6) is 5.75 Å². The fourth-order valence-electron chi connectivity index (χ4n) is 6.06. The lowest BCUT2D eigenvalue weighted by molar-refractivity contribution is 0.148. The van der Waals surface area contributed by atoms with Crippen molar-refractivity contribution in [1.29, 1.82) is 0 Å². The van der Waals surface area contributed by atoms with E-state index in [0.717, 1.165) is 24.2 Å². The first-order valence-corrected chi connectivity index (χ1v) is 11.2. The van der Waals surface area contributed by atoms with Crippen molar-refractivity contribution >= 4 is 5.82 Å². The fraction of sp³-hybridized carbons (Fsp3) is 0.480. The highest BCUT2D eigenvalue weighted by atomic mass is 19.1. The predicted molar refractivity (Wildman–Crippen MR) is 123 cm³/mol. The van der Waals surface area contributed by atoms with Gasteiger partial charge >= 0.3 is 0 Å². The zero-order chi connectivity index (χ0) is 22.7. The molecular formula is C25H30FN5O. The SMILES string of the molecule is CN(c1ccc(-c2c(O)cc(-c3cnn(C)c3)cc2F)nn1)C1C[C@]2(C)CC[C@](C)(C1)C2. The maximum Gasteiger partial charge on any atom is 0.151 e. The maximum absolute atomic E-state index is 15.0. The van der Waals surface area contributed by atoms with E-state index < -0.39 is 5.82 Å². The van der Waals surface area contributed by atoms with Gasteiger partial charge < -0.3 is 10.0 Å². The zero-order valence-corrected chi connectivity index (χ0v) is 19.1. The summed E-state index contributed by atoms with van der Waals surface area (Å²) >= 11 is 0. The lowest BCUT2D eigenvalue weighted by Crippen LogP contribution is -2.42. The molecule has 1 N–H and O–H groups in total. The van der Waals surface area contributed by atoms with E-state index in [1.54, 1.807) is 30.2 Å². The van der Waals surface area contributed by atoms with Gasteiger partial charge in [0.15, 0.2) is 5.82 Å². The van der Waals surface area contributed by atoms with Crippen LogP contribution in [0.25, 0.3) is 22.4 Å². The van der Waals surface area contributed by atoms with E-state index in [2.05, 4.69) is 41.1 Å². The van der Waals surface area contributed by atoms with Gasteiger partial charge in [-0.1, -0.05) is 13.8 Å². The van der Waals surface area contributed by atoms with Crippen molar-refractivity contribution in [3.05, 3.63) is 42.5 Å². The van der Waals surface area contributed by atoms with E-state index in [-0.39, 0.29) is 11.3 Å². The van der Waals surface area contributed by atoms with Gasteiger partial charge in [-0.05, 0) is 72.8 Å². The number of aromatic hydroxyl groups is 1. The van der Waals surface area contributed by atoms with Crippen LogP contribution in [0, 0.1) is 16.6 Å². The molecule has 2 aliphatic rings. The van der Waals surface area contributed by atoms with Crippen LogP contribution < -0.4 is 4.90 Å². The Morgan fingerprint density at radius 3 is 2.38 bits per heavy atom. The normalized spacial score (nSPS) is 27.0. The van der Waals surface area contributed by atoms with E-state index >= 15 is 0 Å². The molecule has 6 nitrogen and oxygen atoms in total. The van der Waals surface area contributed by atoms with Gasteiger partial charge in [-0.3, -0.25) is 4.68 Å². The Morgan fingerprint density at radius 1 is 1.09 bits per heavy atom. The van der Waals surface area contributed by atoms with Gasteiger partial charge in [0, 0.05) is 31.9 Å². The summed E-state index contributed by atoms with van der Waals surface area (Å²) in [6, 6.07) is 6.97. The van der Waals surface area contributed by atoms with Crippen LogP contribution in [-0.2, 0) is 7.05 Å². The molecule has 0 radical (unpaired) electrons. The van der Waals surface area contributed by atoms with Crippen molar-refractivity contribution in [2.45, 2.75) is 52.0 Å². The van der Waals surface area contributed by atoms with Crippen LogP contribution >= 0.6 is 0 Å². The number of aryl methyl sites for hydroxylation is 1. The average molecular weight is 436 g/mol. The van der Waals surface area contributed by atoms with Crippen molar-refractivity contribution < 1.29 is 9.50 Å². The quantitative estimate of drug-likeness (QED) is 0.611. The summed E-state index contributed by atoms with van der Waals surface area (Å²) in [6.07, 6.45) is 9.63. The van der Waals surface area contributed by atoms with Gasteiger partial charge in [0.2, 0.25) is 0 Å². The number of aromatic nitrogens is 4. The van der Waals surface area contributed by atoms with Crippen molar-refractivity contribution in [2.24, 2.45) is 17.9 Å². The summed E-state index contributed by atoms with van der Waals surface area (Å²) in [7, 11) is 3.87. The Labute approximate surface area is 188 Å². The Kier molecular flexibility index (Phi) is 4.76. The minimum absolute atomic E-state index is 0.0649. The number of hydrogen-bond donors (Lipinski definition) is 1. The average Bonchev–Trinajstić information content (AvgIpc) is 3.26. The summed E-state index contributed by atoms with van der Waals surface area (Å²) in [4.78, 5) is 2.22. The summed E-state index contributed by atoms with van der Waals surface area (Å²) in [5, 5.41) is 23.3. The summed E-state index contributed by atoms with van der Waals surface area (Å²) in [6.45, 7) is 4.82. The molecule has 1 unspecified atom stereocenters. The molecule has 0 spiro atoms. The van der Waals surface area contributed by atoms with E-state index in [1.165, 1.54) is 31.4 Å². The van der Waals surface area contributed by atoms with Gasteiger partial charge in [-0.25, -0.2) is 4.39 Å². The van der Waals surface area contributed by atoms with E-state index in [0.29, 0.717) is 28.1 Å². The van der Waals surface area contributed by atoms with Gasteiger partial charge in [0.05, 0.1) is 17.5 Å². The monoisotopic (exact) mass is 435 g/mol. The number of anilines is 1. The number of phenolic OH excluding ortho intramolecular Hbond substituents is 1. The molecule has 2 bridgehead atoms. The molecule has 0 aliphatic heterocycles. The van der Waals surface area contributed by atoms with Crippen LogP contribution in [0.4, 0.5) is 10.2 Å². The molecule has 0 amide bonds. The second-order valence-corrected chi connectivity index (χ2v) is 10.5. The number of nitrogens with zero attached hydrogens (tertiary/aromatic N) is 5. The van der Waals surface area contributed by atoms with E-state index in [9.17, 15) is 9.50 Å². The van der Waals surface area contributed by atoms with E-state index in [1.807, 2.05) is 6.07 Å². The number of halogens is 1. The molecule has 7 heteroatoms. The molecule has 3 atom stereocenters. The first-order chi connectivity index (χ1) is 15.1. The molecule has 0 saturated heterocycles. The number of fused-ring (bicyclic) bond motifs is 2. The molecule has 2 aromatic heterocycles. The highest BCUT2D eigenvalue weighted by molar-refractivity contribution is 5.74. The molecule has 32 heavy (non-hydrogen) atoms. The van der Waals surface area contributed by atoms with Crippen LogP contribution in [-0.4, -0.2) is 38.2 Å². The second kappa shape index (κ2) is 7.29. The van der Waals surface area contributed by atoms with Crippen LogP contribution in [0.2, 0.25) is 0 Å². The highest BCUT2D eigenvalue weighted by Gasteiger charge is 2.50. The number of hydrogen-bond acceptors (Lipinski definition) is 5. The molecule has 168 valence electrons. The highest BCUT2D eigenvalue weighted by Crippen LogP contribution is 2.58. The van der Waals surface area contributed by atoms with Crippen molar-refractivity contribution in [1.82, 2.24) is 20.0 Å². The molecule has 1 aromatic carbocycles. The smallest absolute Gasteiger partial charge is 0.151 e. The third kappa shape index (κ3) is 3.63. The summed E-state index contributed by atoms with van der Waals surface area (Å²) in [5.74, 6) is 0.0760. The molecule has 2 aliphatic carbocycles. The molecule has 2 fully saturated rings. The summed E-state index contributed by atoms with van der Waals surface area (Å²) in [5.41, 5.74) is 2.50. The minimum atomic E-state index is -0.538. The topological polar surface area (TPSA) is 67.1 Å². The Bertz CT molecular complexity index is 1120. The number of benzene rings is 1. The van der Waals surface area contributed by atoms with Crippen LogP contribution in [0.3, 0.4) is 0 Å². The molecule has 2 heterocycles. The molecule has 5 rings (SSSR count). The molecular weight excluding hydrogens is 405 g/mol. The summed E-state index contributed by atoms with van der Waals surface area (Å²) < 4.78 is 16.6. The van der Waals surface area contributed by atoms with Crippen molar-refractivity contribution in [3.8, 4) is 28.1 Å². The minimum Gasteiger partial charge on any atom is -0.507 e. The number of phenols is 1. The third-order valence-electron chi connectivity index (χ3n) is 7.57. The first-order valence-electron chi connectivity index (χ1n) is 11.2. The zero-order valence-electron chi connectivity index (χ0n) is 19.1. The molecule has 3 aromatic rings. The second-order valence-electron chi connectivity index (χ2n) is 10.5. The van der Waals surface area contributed by atoms with Gasteiger partial charge in [-0.15, -0.1) is 10.2 Å². The van der Waals surface area contributed by atoms with E-state index in [4.69, 9.17) is 0 Å². The fourth-order valence-corrected chi connectivity index (χ4v) is 6.06. The Hall–Kier alpha value is -2.96. The Morgan fingerprint density at radius 2 is 1.81 bits per heavy atom. The number of rotatable bonds is 4. The third-order valence-corrected chi connectivity index (χ3v) is 7.57. The van der Waals surface area contributed by atoms with Gasteiger partial charge in [-0.2, -0.15) is 5.10 Å². The predicted octanol–water partition coefficient (Wildman–Crippen LogP) is 5.18. The van der Waals surface area contributed by atoms with Crippen molar-refractivity contribution in [3.63, 3.8) is 0 Å². The Balaban J connectivity index is 1.39. The first kappa shape index (κ1) is 20.9. The largest absolute Gasteiger partial charge is 0.507 e. The standard InChI is InChI=1S/C25H30FN5O/c1-24-7-8-25(2,15-24)12-18(11-24)31(4)22-6-5-20(28-29-22)23-19(26)9-16(10-21(23)32)17-13-27-30(3)14-17/h5-6,9-10,13-14,18,32H,7-8,11-12,15H2,1-4H3/t18?,24-,25+. The lowest BCUT2D eigenvalue weighted by Gasteiger charge is -2.44. The van der Waals surface area contributed by atoms with Gasteiger partial charge in [0.25, 0.3) is 0 Å².